The van der Waals surface area contributed by atoms with Crippen molar-refractivity contribution >= 4 is 27.8 Å². The molecular formula is C21H19BrN2O2. The van der Waals surface area contributed by atoms with Gasteiger partial charge in [0.25, 0.3) is 0 Å². The van der Waals surface area contributed by atoms with Gasteiger partial charge in [-0.3, -0.25) is 5.43 Å². The highest BCUT2D eigenvalue weighted by molar-refractivity contribution is 9.10. The van der Waals surface area contributed by atoms with E-state index in [1.807, 2.05) is 72.8 Å². The second-order valence-electron chi connectivity index (χ2n) is 5.53. The first-order chi connectivity index (χ1) is 12.8. The molecule has 3 aromatic rings. The Morgan fingerprint density at radius 3 is 2.46 bits per heavy atom. The zero-order chi connectivity index (χ0) is 18.2. The average molecular weight is 411 g/mol. The van der Waals surface area contributed by atoms with E-state index in [-0.39, 0.29) is 0 Å². The lowest BCUT2D eigenvalue weighted by atomic mass is 10.2. The monoisotopic (exact) mass is 410 g/mol. The van der Waals surface area contributed by atoms with E-state index >= 15 is 0 Å². The van der Waals surface area contributed by atoms with Gasteiger partial charge in [0.2, 0.25) is 0 Å². The quantitative estimate of drug-likeness (QED) is 0.414. The summed E-state index contributed by atoms with van der Waals surface area (Å²) in [4.78, 5) is 0. The van der Waals surface area contributed by atoms with Crippen LogP contribution in [-0.4, -0.2) is 13.3 Å². The van der Waals surface area contributed by atoms with Gasteiger partial charge < -0.3 is 9.47 Å². The highest BCUT2D eigenvalue weighted by Gasteiger charge is 2.09. The number of hydrogen-bond donors (Lipinski definition) is 1. The Bertz CT molecular complexity index is 865. The van der Waals surface area contributed by atoms with Gasteiger partial charge in [0, 0.05) is 10.0 Å². The van der Waals surface area contributed by atoms with Crippen molar-refractivity contribution in [3.63, 3.8) is 0 Å². The van der Waals surface area contributed by atoms with Crippen molar-refractivity contribution in [1.29, 1.82) is 0 Å². The van der Waals surface area contributed by atoms with E-state index in [2.05, 4.69) is 26.5 Å². The highest BCUT2D eigenvalue weighted by Crippen LogP contribution is 2.31. The lowest BCUT2D eigenvalue weighted by molar-refractivity contribution is 0.284. The second kappa shape index (κ2) is 9.06. The van der Waals surface area contributed by atoms with Crippen LogP contribution in [0.3, 0.4) is 0 Å². The fourth-order valence-corrected chi connectivity index (χ4v) is 2.64. The van der Waals surface area contributed by atoms with Gasteiger partial charge in [-0.05, 0) is 42.0 Å². The third-order valence-electron chi connectivity index (χ3n) is 3.70. The Kier molecular flexibility index (Phi) is 6.28. The third-order valence-corrected chi connectivity index (χ3v) is 4.23. The molecule has 3 rings (SSSR count). The van der Waals surface area contributed by atoms with Gasteiger partial charge in [-0.2, -0.15) is 5.10 Å². The predicted octanol–water partition coefficient (Wildman–Crippen LogP) is 5.48. The fourth-order valence-electron chi connectivity index (χ4n) is 2.37. The molecule has 1 N–H and O–H groups in total. The molecule has 0 unspecified atom stereocenters. The summed E-state index contributed by atoms with van der Waals surface area (Å²) in [6.07, 6.45) is 1.73. The Balaban J connectivity index is 1.75. The van der Waals surface area contributed by atoms with Crippen LogP contribution >= 0.6 is 15.9 Å². The number of nitrogens with one attached hydrogen (secondary N) is 1. The molecule has 0 saturated heterocycles. The number of benzene rings is 3. The molecule has 26 heavy (non-hydrogen) atoms. The first kappa shape index (κ1) is 18.0. The van der Waals surface area contributed by atoms with Gasteiger partial charge in [-0.25, -0.2) is 0 Å². The molecule has 0 radical (unpaired) electrons. The molecular weight excluding hydrogens is 392 g/mol. The first-order valence-electron chi connectivity index (χ1n) is 8.14. The van der Waals surface area contributed by atoms with E-state index in [0.717, 1.165) is 21.3 Å². The molecule has 0 aromatic heterocycles. The summed E-state index contributed by atoms with van der Waals surface area (Å²) in [5.41, 5.74) is 5.84. The number of methoxy groups -OCH3 is 1. The van der Waals surface area contributed by atoms with Crippen LogP contribution in [0.2, 0.25) is 0 Å². The molecule has 3 aromatic carbocycles. The molecule has 0 amide bonds. The number of para-hydroxylation sites is 2. The van der Waals surface area contributed by atoms with Gasteiger partial charge in [-0.1, -0.05) is 52.3 Å². The second-order valence-corrected chi connectivity index (χ2v) is 6.45. The normalized spacial score (nSPS) is 10.7. The third kappa shape index (κ3) is 4.86. The van der Waals surface area contributed by atoms with Crippen LogP contribution in [0.15, 0.2) is 82.4 Å². The van der Waals surface area contributed by atoms with Crippen LogP contribution in [0.1, 0.15) is 11.1 Å². The maximum absolute atomic E-state index is 6.03. The topological polar surface area (TPSA) is 42.8 Å². The molecule has 5 heteroatoms. The molecule has 0 spiro atoms. The Hall–Kier alpha value is -2.79. The van der Waals surface area contributed by atoms with Gasteiger partial charge >= 0.3 is 0 Å². The van der Waals surface area contributed by atoms with Crippen molar-refractivity contribution in [2.75, 3.05) is 12.5 Å². The van der Waals surface area contributed by atoms with Crippen LogP contribution < -0.4 is 14.9 Å². The Morgan fingerprint density at radius 1 is 0.962 bits per heavy atom. The Morgan fingerprint density at radius 2 is 1.73 bits per heavy atom. The van der Waals surface area contributed by atoms with E-state index < -0.39 is 0 Å². The smallest absolute Gasteiger partial charge is 0.170 e. The average Bonchev–Trinajstić information content (AvgIpc) is 2.69. The summed E-state index contributed by atoms with van der Waals surface area (Å²) in [6, 6.07) is 23.5. The zero-order valence-corrected chi connectivity index (χ0v) is 15.9. The van der Waals surface area contributed by atoms with Crippen molar-refractivity contribution < 1.29 is 9.47 Å². The SMILES string of the molecule is COc1cccc(C=NNc2ccccc2)c1OCc1ccc(Br)cc1. The summed E-state index contributed by atoms with van der Waals surface area (Å²) < 4.78 is 12.5. The fraction of sp³-hybridized carbons (Fsp3) is 0.0952. The predicted molar refractivity (Wildman–Crippen MR) is 109 cm³/mol. The van der Waals surface area contributed by atoms with Gasteiger partial charge in [0.05, 0.1) is 19.0 Å². The maximum Gasteiger partial charge on any atom is 0.170 e. The van der Waals surface area contributed by atoms with Crippen molar-refractivity contribution in [3.8, 4) is 11.5 Å². The van der Waals surface area contributed by atoms with E-state index in [0.29, 0.717) is 18.1 Å². The number of hydrazone groups is 1. The number of ether oxygens (including phenoxy) is 2. The van der Waals surface area contributed by atoms with E-state index in [1.54, 1.807) is 13.3 Å². The molecule has 0 fully saturated rings. The van der Waals surface area contributed by atoms with Crippen LogP contribution in [0.5, 0.6) is 11.5 Å². The summed E-state index contributed by atoms with van der Waals surface area (Å²) in [6.45, 7) is 0.445. The van der Waals surface area contributed by atoms with Gasteiger partial charge in [0.1, 0.15) is 6.61 Å². The Labute approximate surface area is 161 Å². The first-order valence-corrected chi connectivity index (χ1v) is 8.94. The van der Waals surface area contributed by atoms with Crippen molar-refractivity contribution in [1.82, 2.24) is 0 Å². The maximum atomic E-state index is 6.03. The number of hydrogen-bond acceptors (Lipinski definition) is 4. The molecule has 132 valence electrons. The summed E-state index contributed by atoms with van der Waals surface area (Å²) >= 11 is 3.44. The number of rotatable bonds is 7. The van der Waals surface area contributed by atoms with E-state index in [9.17, 15) is 0 Å². The number of anilines is 1. The lowest BCUT2D eigenvalue weighted by Crippen LogP contribution is -2.01. The van der Waals surface area contributed by atoms with Crippen LogP contribution in [0, 0.1) is 0 Å². The number of nitrogens with zero attached hydrogens (tertiary/aromatic N) is 1. The molecule has 0 aliphatic heterocycles. The van der Waals surface area contributed by atoms with Crippen LogP contribution in [0.4, 0.5) is 5.69 Å². The van der Waals surface area contributed by atoms with Crippen molar-refractivity contribution in [2.45, 2.75) is 6.61 Å². The van der Waals surface area contributed by atoms with E-state index in [4.69, 9.17) is 9.47 Å². The molecule has 0 saturated carbocycles. The minimum atomic E-state index is 0.445. The van der Waals surface area contributed by atoms with Crippen LogP contribution in [0.25, 0.3) is 0 Å². The zero-order valence-electron chi connectivity index (χ0n) is 14.4. The van der Waals surface area contributed by atoms with Crippen molar-refractivity contribution in [3.05, 3.63) is 88.4 Å². The molecule has 0 aliphatic rings. The number of halogens is 1. The van der Waals surface area contributed by atoms with Gasteiger partial charge in [0.15, 0.2) is 11.5 Å². The minimum absolute atomic E-state index is 0.445. The molecule has 0 atom stereocenters. The van der Waals surface area contributed by atoms with Crippen LogP contribution in [-0.2, 0) is 6.61 Å². The molecule has 0 aliphatic carbocycles. The lowest BCUT2D eigenvalue weighted by Gasteiger charge is -2.13. The summed E-state index contributed by atoms with van der Waals surface area (Å²) in [7, 11) is 1.63. The highest BCUT2D eigenvalue weighted by atomic mass is 79.9. The molecule has 0 heterocycles. The molecule has 0 bridgehead atoms. The summed E-state index contributed by atoms with van der Waals surface area (Å²) in [5.74, 6) is 1.34. The largest absolute Gasteiger partial charge is 0.493 e. The van der Waals surface area contributed by atoms with E-state index in [1.165, 1.54) is 0 Å². The minimum Gasteiger partial charge on any atom is -0.493 e. The molecule has 4 nitrogen and oxygen atoms in total. The van der Waals surface area contributed by atoms with Crippen molar-refractivity contribution in [2.24, 2.45) is 5.10 Å². The summed E-state index contributed by atoms with van der Waals surface area (Å²) in [5, 5.41) is 4.30. The standard InChI is InChI=1S/C21H19BrN2O2/c1-25-20-9-5-6-17(14-23-24-19-7-3-2-4-8-19)21(20)26-15-16-10-12-18(22)13-11-16/h2-14,24H,15H2,1H3. The van der Waals surface area contributed by atoms with Gasteiger partial charge in [-0.15, -0.1) is 0 Å².